The molecule has 0 heterocycles. The number of unbranched alkanes of at least 4 members (excludes halogenated alkanes) is 15. The zero-order valence-corrected chi connectivity index (χ0v) is 37.3. The van der Waals surface area contributed by atoms with Crippen LogP contribution in [0, 0.1) is 5.92 Å². The van der Waals surface area contributed by atoms with Crippen LogP contribution in [-0.4, -0.2) is 26.4 Å². The number of rotatable bonds is 20. The second kappa shape index (κ2) is 22.8. The molecule has 0 aliphatic rings. The molecule has 2 aromatic carbocycles. The Kier molecular flexibility index (Phi) is 20.8. The molecule has 0 spiro atoms. The molecule has 0 amide bonds. The van der Waals surface area contributed by atoms with Gasteiger partial charge in [0.25, 0.3) is 0 Å². The summed E-state index contributed by atoms with van der Waals surface area (Å²) in [5.41, 5.74) is 3.66. The van der Waals surface area contributed by atoms with Crippen LogP contribution in [0.15, 0.2) is 24.3 Å². The van der Waals surface area contributed by atoms with Crippen molar-refractivity contribution < 1.29 is 25.2 Å². The van der Waals surface area contributed by atoms with Crippen LogP contribution in [0.4, 0.5) is 0 Å². The molecule has 2 aromatic rings. The van der Waals surface area contributed by atoms with Crippen molar-refractivity contribution in [3.8, 4) is 17.2 Å². The lowest BCUT2D eigenvalue weighted by Crippen LogP contribution is -2.20. The van der Waals surface area contributed by atoms with Crippen molar-refractivity contribution in [2.24, 2.45) is 5.92 Å². The second-order valence-electron chi connectivity index (χ2n) is 20.3. The van der Waals surface area contributed by atoms with E-state index in [9.17, 15) is 25.2 Å². The van der Waals surface area contributed by atoms with E-state index in [0.717, 1.165) is 47.1 Å². The standard InChI is InChI=1S/C35H62O3.C14H22O2/c1-8-9-10-11-12-13-14-15-16-17-18-19-20-21-22-23-24-29(33(37)38)25-28-26-30(34(2,3)4)32(36)31(27-28)35(5,6)7;1-13(2,3)9-7-12(16)10(8-11(9)15)14(4,5)6/h26-27,29,36H,8-25H2,1-7H3,(H,37,38);7-8,15-16H,1-6H3. The van der Waals surface area contributed by atoms with E-state index < -0.39 is 5.97 Å². The molecule has 0 fully saturated rings. The molecule has 5 heteroatoms. The van der Waals surface area contributed by atoms with Crippen LogP contribution in [0.1, 0.15) is 227 Å². The van der Waals surface area contributed by atoms with Gasteiger partial charge in [0, 0.05) is 11.1 Å². The first-order valence-electron chi connectivity index (χ1n) is 21.6. The van der Waals surface area contributed by atoms with Crippen LogP contribution in [0.5, 0.6) is 17.2 Å². The van der Waals surface area contributed by atoms with Crippen LogP contribution >= 0.6 is 0 Å². The highest BCUT2D eigenvalue weighted by Crippen LogP contribution is 2.41. The Bertz CT molecular complexity index is 1300. The predicted octanol–water partition coefficient (Wildman–Crippen LogP) is 14.6. The van der Waals surface area contributed by atoms with Gasteiger partial charge < -0.3 is 20.4 Å². The Morgan fingerprint density at radius 3 is 1.06 bits per heavy atom. The zero-order valence-electron chi connectivity index (χ0n) is 37.3. The van der Waals surface area contributed by atoms with Crippen molar-refractivity contribution in [3.63, 3.8) is 0 Å². The SMILES string of the molecule is CC(C)(C)c1cc(O)c(C(C)(C)C)cc1O.CCCCCCCCCCCCCCCCCCC(Cc1cc(C(C)(C)C)c(O)c(C(C)(C)C)c1)C(=O)O. The van der Waals surface area contributed by atoms with Crippen LogP contribution in [-0.2, 0) is 32.9 Å². The minimum atomic E-state index is -0.700. The fourth-order valence-electron chi connectivity index (χ4n) is 7.27. The van der Waals surface area contributed by atoms with Crippen molar-refractivity contribution in [3.05, 3.63) is 52.1 Å². The molecule has 1 unspecified atom stereocenters. The van der Waals surface area contributed by atoms with E-state index in [1.165, 1.54) is 89.9 Å². The van der Waals surface area contributed by atoms with Crippen molar-refractivity contribution in [1.82, 2.24) is 0 Å². The summed E-state index contributed by atoms with van der Waals surface area (Å²) in [6.07, 6.45) is 22.5. The summed E-state index contributed by atoms with van der Waals surface area (Å²) < 4.78 is 0. The maximum atomic E-state index is 12.1. The summed E-state index contributed by atoms with van der Waals surface area (Å²) in [6, 6.07) is 7.42. The average Bonchev–Trinajstić information content (AvgIpc) is 3.03. The normalized spacial score (nSPS) is 13.1. The molecular weight excluding hydrogens is 669 g/mol. The summed E-state index contributed by atoms with van der Waals surface area (Å²) >= 11 is 0. The smallest absolute Gasteiger partial charge is 0.306 e. The third-order valence-corrected chi connectivity index (χ3v) is 10.8. The van der Waals surface area contributed by atoms with E-state index in [-0.39, 0.29) is 39.1 Å². The van der Waals surface area contributed by atoms with Gasteiger partial charge in [0.2, 0.25) is 0 Å². The number of hydrogen-bond donors (Lipinski definition) is 4. The van der Waals surface area contributed by atoms with Gasteiger partial charge in [-0.05, 0) is 63.3 Å². The molecule has 0 radical (unpaired) electrons. The molecule has 0 saturated carbocycles. The minimum absolute atomic E-state index is 0.169. The van der Waals surface area contributed by atoms with Crippen LogP contribution in [0.25, 0.3) is 0 Å². The molecule has 0 aliphatic heterocycles. The summed E-state index contributed by atoms with van der Waals surface area (Å²) in [6.45, 7) is 27.0. The Hall–Kier alpha value is -2.69. The Morgan fingerprint density at radius 1 is 0.481 bits per heavy atom. The summed E-state index contributed by atoms with van der Waals surface area (Å²) in [5.74, 6) is -0.190. The number of carboxylic acid groups (broad SMARTS) is 1. The van der Waals surface area contributed by atoms with E-state index in [1.807, 2.05) is 53.7 Å². The van der Waals surface area contributed by atoms with E-state index in [1.54, 1.807) is 12.1 Å². The Labute approximate surface area is 332 Å². The number of aliphatic carboxylic acids is 1. The Morgan fingerprint density at radius 2 is 0.778 bits per heavy atom. The van der Waals surface area contributed by atoms with Crippen LogP contribution in [0.3, 0.4) is 0 Å². The first-order chi connectivity index (χ1) is 24.9. The van der Waals surface area contributed by atoms with Gasteiger partial charge in [-0.2, -0.15) is 0 Å². The molecular formula is C49H84O5. The van der Waals surface area contributed by atoms with Crippen molar-refractivity contribution in [2.75, 3.05) is 0 Å². The molecule has 4 N–H and O–H groups in total. The molecule has 54 heavy (non-hydrogen) atoms. The second-order valence-corrected chi connectivity index (χ2v) is 20.3. The topological polar surface area (TPSA) is 98.0 Å². The highest BCUT2D eigenvalue weighted by molar-refractivity contribution is 5.70. The van der Waals surface area contributed by atoms with E-state index in [0.29, 0.717) is 12.2 Å². The molecule has 0 bridgehead atoms. The summed E-state index contributed by atoms with van der Waals surface area (Å²) in [5, 5.41) is 40.9. The maximum absolute atomic E-state index is 12.1. The first-order valence-corrected chi connectivity index (χ1v) is 21.6. The van der Waals surface area contributed by atoms with Gasteiger partial charge in [-0.3, -0.25) is 4.79 Å². The number of phenolic OH excluding ortho intramolecular Hbond substituents is 3. The van der Waals surface area contributed by atoms with Crippen LogP contribution in [0.2, 0.25) is 0 Å². The number of phenols is 3. The number of benzene rings is 2. The van der Waals surface area contributed by atoms with E-state index >= 15 is 0 Å². The Balaban J connectivity index is 0.000000755. The molecule has 1 atom stereocenters. The number of carboxylic acids is 1. The third kappa shape index (κ3) is 18.3. The highest BCUT2D eigenvalue weighted by Gasteiger charge is 2.28. The van der Waals surface area contributed by atoms with Gasteiger partial charge in [0.15, 0.2) is 0 Å². The maximum Gasteiger partial charge on any atom is 0.306 e. The number of hydrogen-bond acceptors (Lipinski definition) is 4. The van der Waals surface area contributed by atoms with Crippen molar-refractivity contribution >= 4 is 5.97 Å². The van der Waals surface area contributed by atoms with E-state index in [2.05, 4.69) is 48.5 Å². The van der Waals surface area contributed by atoms with Crippen molar-refractivity contribution in [2.45, 2.75) is 227 Å². The highest BCUT2D eigenvalue weighted by atomic mass is 16.4. The monoisotopic (exact) mass is 753 g/mol. The molecule has 2 rings (SSSR count). The molecule has 0 aromatic heterocycles. The third-order valence-electron chi connectivity index (χ3n) is 10.8. The first kappa shape index (κ1) is 49.3. The fraction of sp³-hybridized carbons (Fsp3) is 0.735. The fourth-order valence-corrected chi connectivity index (χ4v) is 7.27. The lowest BCUT2D eigenvalue weighted by Gasteiger charge is -2.28. The van der Waals surface area contributed by atoms with E-state index in [4.69, 9.17) is 0 Å². The van der Waals surface area contributed by atoms with Gasteiger partial charge in [-0.25, -0.2) is 0 Å². The van der Waals surface area contributed by atoms with Crippen molar-refractivity contribution in [1.29, 1.82) is 0 Å². The summed E-state index contributed by atoms with van der Waals surface area (Å²) in [4.78, 5) is 12.1. The zero-order chi connectivity index (χ0) is 41.3. The lowest BCUT2D eigenvalue weighted by atomic mass is 9.77. The average molecular weight is 753 g/mol. The predicted molar refractivity (Wildman–Crippen MR) is 232 cm³/mol. The number of carbonyl (C=O) groups is 1. The van der Waals surface area contributed by atoms with Gasteiger partial charge in [-0.1, -0.05) is 205 Å². The largest absolute Gasteiger partial charge is 0.508 e. The van der Waals surface area contributed by atoms with Gasteiger partial charge >= 0.3 is 5.97 Å². The quantitative estimate of drug-likeness (QED) is 0.0797. The summed E-state index contributed by atoms with van der Waals surface area (Å²) in [7, 11) is 0. The molecule has 310 valence electrons. The lowest BCUT2D eigenvalue weighted by molar-refractivity contribution is -0.142. The minimum Gasteiger partial charge on any atom is -0.508 e. The number of aromatic hydroxyl groups is 3. The van der Waals surface area contributed by atoms with Gasteiger partial charge in [0.1, 0.15) is 17.2 Å². The molecule has 5 nitrogen and oxygen atoms in total. The van der Waals surface area contributed by atoms with Gasteiger partial charge in [0.05, 0.1) is 5.92 Å². The van der Waals surface area contributed by atoms with Crippen LogP contribution < -0.4 is 0 Å². The van der Waals surface area contributed by atoms with Gasteiger partial charge in [-0.15, -0.1) is 0 Å². The molecule has 0 saturated heterocycles. The molecule has 0 aliphatic carbocycles.